The number of ether oxygens (including phenoxy) is 1. The van der Waals surface area contributed by atoms with Crippen molar-refractivity contribution in [3.63, 3.8) is 0 Å². The number of hydrogen-bond acceptors (Lipinski definition) is 3. The number of fused-ring (bicyclic) bond motifs is 1. The average Bonchev–Trinajstić information content (AvgIpc) is 2.63. The molecule has 2 rings (SSSR count). The van der Waals surface area contributed by atoms with Crippen molar-refractivity contribution < 1.29 is 9.53 Å². The largest absolute Gasteiger partial charge is 0.464 e. The van der Waals surface area contributed by atoms with Crippen LogP contribution in [0, 0.1) is 6.92 Å². The van der Waals surface area contributed by atoms with Gasteiger partial charge in [0.2, 0.25) is 0 Å². The number of nitrogens with one attached hydrogen (secondary N) is 1. The van der Waals surface area contributed by atoms with Gasteiger partial charge in [-0.1, -0.05) is 12.1 Å². The third-order valence-corrected chi connectivity index (χ3v) is 2.72. The van der Waals surface area contributed by atoms with Crippen LogP contribution >= 0.6 is 0 Å². The molecule has 0 saturated carbocycles. The molecule has 1 aliphatic rings. The number of benzene rings is 1. The van der Waals surface area contributed by atoms with Crippen molar-refractivity contribution in [3.05, 3.63) is 29.3 Å². The molecule has 0 saturated heterocycles. The standard InChI is InChI=1S/C12H15NO2/c1-3-15-12(14)11-7-9-8(2)5-4-6-10(9)13-11/h4-6,11,13H,3,7H2,1-2H3/t11-/m0/s1. The zero-order valence-electron chi connectivity index (χ0n) is 9.04. The van der Waals surface area contributed by atoms with Crippen LogP contribution in [0.25, 0.3) is 0 Å². The lowest BCUT2D eigenvalue weighted by molar-refractivity contribution is -0.143. The van der Waals surface area contributed by atoms with E-state index in [-0.39, 0.29) is 12.0 Å². The molecule has 1 aromatic carbocycles. The Bertz CT molecular complexity index is 387. The summed E-state index contributed by atoms with van der Waals surface area (Å²) in [6.45, 7) is 4.33. The zero-order chi connectivity index (χ0) is 10.8. The minimum Gasteiger partial charge on any atom is -0.464 e. The van der Waals surface area contributed by atoms with Crippen molar-refractivity contribution in [3.8, 4) is 0 Å². The van der Waals surface area contributed by atoms with Crippen molar-refractivity contribution in [2.45, 2.75) is 26.3 Å². The lowest BCUT2D eigenvalue weighted by Crippen LogP contribution is -2.29. The van der Waals surface area contributed by atoms with E-state index in [0.717, 1.165) is 12.1 Å². The van der Waals surface area contributed by atoms with E-state index in [1.165, 1.54) is 11.1 Å². The van der Waals surface area contributed by atoms with E-state index in [9.17, 15) is 4.79 Å². The number of carbonyl (C=O) groups is 1. The molecule has 0 fully saturated rings. The molecule has 0 aliphatic carbocycles. The van der Waals surface area contributed by atoms with Gasteiger partial charge in [0.1, 0.15) is 6.04 Å². The highest BCUT2D eigenvalue weighted by atomic mass is 16.5. The summed E-state index contributed by atoms with van der Waals surface area (Å²) in [4.78, 5) is 11.5. The quantitative estimate of drug-likeness (QED) is 0.749. The SMILES string of the molecule is CCOC(=O)[C@@H]1Cc2c(C)cccc2N1. The predicted octanol–water partition coefficient (Wildman–Crippen LogP) is 1.89. The van der Waals surface area contributed by atoms with Crippen LogP contribution in [0.2, 0.25) is 0 Å². The fraction of sp³-hybridized carbons (Fsp3) is 0.417. The van der Waals surface area contributed by atoms with Crippen molar-refractivity contribution in [1.29, 1.82) is 0 Å². The van der Waals surface area contributed by atoms with Gasteiger partial charge in [0, 0.05) is 12.1 Å². The lowest BCUT2D eigenvalue weighted by atomic mass is 10.0. The topological polar surface area (TPSA) is 38.3 Å². The Morgan fingerprint density at radius 3 is 3.07 bits per heavy atom. The zero-order valence-corrected chi connectivity index (χ0v) is 9.04. The van der Waals surface area contributed by atoms with E-state index in [4.69, 9.17) is 4.74 Å². The van der Waals surface area contributed by atoms with Gasteiger partial charge >= 0.3 is 5.97 Å². The number of carbonyl (C=O) groups excluding carboxylic acids is 1. The predicted molar refractivity (Wildman–Crippen MR) is 58.9 cm³/mol. The first-order chi connectivity index (χ1) is 7.22. The number of anilines is 1. The van der Waals surface area contributed by atoms with Crippen LogP contribution in [-0.2, 0) is 16.0 Å². The number of esters is 1. The maximum Gasteiger partial charge on any atom is 0.328 e. The van der Waals surface area contributed by atoms with Gasteiger partial charge in [-0.05, 0) is 31.0 Å². The number of rotatable bonds is 2. The molecular weight excluding hydrogens is 190 g/mol. The Morgan fingerprint density at radius 1 is 1.60 bits per heavy atom. The van der Waals surface area contributed by atoms with E-state index < -0.39 is 0 Å². The van der Waals surface area contributed by atoms with Gasteiger partial charge in [0.25, 0.3) is 0 Å². The summed E-state index contributed by atoms with van der Waals surface area (Å²) >= 11 is 0. The molecule has 1 aromatic rings. The van der Waals surface area contributed by atoms with E-state index in [1.807, 2.05) is 19.1 Å². The summed E-state index contributed by atoms with van der Waals surface area (Å²) in [6.07, 6.45) is 0.737. The van der Waals surface area contributed by atoms with Crippen LogP contribution in [-0.4, -0.2) is 18.6 Å². The third-order valence-electron chi connectivity index (χ3n) is 2.72. The molecule has 3 heteroatoms. The number of aryl methyl sites for hydroxylation is 1. The van der Waals surface area contributed by atoms with Gasteiger partial charge in [-0.3, -0.25) is 0 Å². The second kappa shape index (κ2) is 3.93. The van der Waals surface area contributed by atoms with Gasteiger partial charge in [0.05, 0.1) is 6.61 Å². The summed E-state index contributed by atoms with van der Waals surface area (Å²) in [5, 5.41) is 3.19. The first-order valence-corrected chi connectivity index (χ1v) is 5.24. The highest BCUT2D eigenvalue weighted by Crippen LogP contribution is 2.28. The first-order valence-electron chi connectivity index (χ1n) is 5.24. The summed E-state index contributed by atoms with van der Waals surface area (Å²) in [7, 11) is 0. The van der Waals surface area contributed by atoms with Crippen LogP contribution in [0.3, 0.4) is 0 Å². The highest BCUT2D eigenvalue weighted by Gasteiger charge is 2.28. The van der Waals surface area contributed by atoms with Crippen molar-refractivity contribution in [2.75, 3.05) is 11.9 Å². The summed E-state index contributed by atoms with van der Waals surface area (Å²) in [6, 6.07) is 5.85. The second-order valence-corrected chi connectivity index (χ2v) is 3.75. The van der Waals surface area contributed by atoms with E-state index >= 15 is 0 Å². The van der Waals surface area contributed by atoms with Gasteiger partial charge in [0.15, 0.2) is 0 Å². The average molecular weight is 205 g/mol. The normalized spacial score (nSPS) is 18.1. The van der Waals surface area contributed by atoms with Gasteiger partial charge in [-0.15, -0.1) is 0 Å². The maximum atomic E-state index is 11.5. The van der Waals surface area contributed by atoms with Crippen molar-refractivity contribution in [2.24, 2.45) is 0 Å². The van der Waals surface area contributed by atoms with Crippen LogP contribution < -0.4 is 5.32 Å². The van der Waals surface area contributed by atoms with E-state index in [1.54, 1.807) is 0 Å². The molecule has 0 radical (unpaired) electrons. The fourth-order valence-corrected chi connectivity index (χ4v) is 1.94. The molecule has 15 heavy (non-hydrogen) atoms. The number of hydrogen-bond donors (Lipinski definition) is 1. The molecule has 0 bridgehead atoms. The van der Waals surface area contributed by atoms with Crippen LogP contribution in [0.1, 0.15) is 18.1 Å². The Kier molecular flexibility index (Phi) is 2.62. The first kappa shape index (κ1) is 10.0. The summed E-state index contributed by atoms with van der Waals surface area (Å²) < 4.78 is 5.00. The molecule has 1 aliphatic heterocycles. The Balaban J connectivity index is 2.15. The fourth-order valence-electron chi connectivity index (χ4n) is 1.94. The summed E-state index contributed by atoms with van der Waals surface area (Å²) in [5.41, 5.74) is 3.52. The van der Waals surface area contributed by atoms with Crippen LogP contribution in [0.4, 0.5) is 5.69 Å². The Morgan fingerprint density at radius 2 is 2.40 bits per heavy atom. The third kappa shape index (κ3) is 1.82. The molecule has 0 aromatic heterocycles. The molecule has 0 unspecified atom stereocenters. The minimum atomic E-state index is -0.207. The second-order valence-electron chi connectivity index (χ2n) is 3.75. The van der Waals surface area contributed by atoms with Crippen LogP contribution in [0.15, 0.2) is 18.2 Å². The molecule has 1 atom stereocenters. The molecule has 1 heterocycles. The van der Waals surface area contributed by atoms with Gasteiger partial charge in [-0.25, -0.2) is 4.79 Å². The highest BCUT2D eigenvalue weighted by molar-refractivity contribution is 5.83. The Hall–Kier alpha value is -1.51. The van der Waals surface area contributed by atoms with Crippen molar-refractivity contribution in [1.82, 2.24) is 0 Å². The van der Waals surface area contributed by atoms with Gasteiger partial charge < -0.3 is 10.1 Å². The molecular formula is C12H15NO2. The van der Waals surface area contributed by atoms with E-state index in [0.29, 0.717) is 6.61 Å². The van der Waals surface area contributed by atoms with Gasteiger partial charge in [-0.2, -0.15) is 0 Å². The van der Waals surface area contributed by atoms with E-state index in [2.05, 4.69) is 18.3 Å². The lowest BCUT2D eigenvalue weighted by Gasteiger charge is -2.09. The maximum absolute atomic E-state index is 11.5. The van der Waals surface area contributed by atoms with Crippen molar-refractivity contribution >= 4 is 11.7 Å². The monoisotopic (exact) mass is 205 g/mol. The molecule has 0 spiro atoms. The molecule has 0 amide bonds. The Labute approximate surface area is 89.4 Å². The molecule has 3 nitrogen and oxygen atoms in total. The molecule has 80 valence electrons. The minimum absolute atomic E-state index is 0.159. The smallest absolute Gasteiger partial charge is 0.328 e. The van der Waals surface area contributed by atoms with Crippen LogP contribution in [0.5, 0.6) is 0 Å². The molecule has 1 N–H and O–H groups in total. The summed E-state index contributed by atoms with van der Waals surface area (Å²) in [5.74, 6) is -0.159.